The van der Waals surface area contributed by atoms with Gasteiger partial charge in [-0.15, -0.1) is 0 Å². The number of benzene rings is 1. The van der Waals surface area contributed by atoms with Crippen LogP contribution in [0, 0.1) is 0 Å². The molecule has 0 amide bonds. The number of guanidine groups is 1. The summed E-state index contributed by atoms with van der Waals surface area (Å²) in [6.07, 6.45) is 7.77. The van der Waals surface area contributed by atoms with Crippen molar-refractivity contribution in [3.63, 3.8) is 0 Å². The molecule has 0 radical (unpaired) electrons. The molecule has 0 spiro atoms. The van der Waals surface area contributed by atoms with Crippen molar-refractivity contribution in [1.29, 1.82) is 0 Å². The quantitative estimate of drug-likeness (QED) is 0.546. The number of piperidine rings is 1. The Kier molecular flexibility index (Phi) is 5.55. The minimum Gasteiger partial charge on any atom is -0.357 e. The summed E-state index contributed by atoms with van der Waals surface area (Å²) in [6, 6.07) is 10.1. The van der Waals surface area contributed by atoms with Gasteiger partial charge in [0.15, 0.2) is 5.96 Å². The van der Waals surface area contributed by atoms with E-state index in [9.17, 15) is 0 Å². The van der Waals surface area contributed by atoms with Crippen LogP contribution in [0.5, 0.6) is 0 Å². The van der Waals surface area contributed by atoms with Crippen LogP contribution in [0.25, 0.3) is 0 Å². The van der Waals surface area contributed by atoms with Crippen LogP contribution >= 0.6 is 15.9 Å². The molecule has 1 aliphatic heterocycles. The Morgan fingerprint density at radius 1 is 1.19 bits per heavy atom. The lowest BCUT2D eigenvalue weighted by Gasteiger charge is -2.33. The monoisotopic (exact) mass is 418 g/mol. The maximum atomic E-state index is 4.99. The summed E-state index contributed by atoms with van der Waals surface area (Å²) >= 11 is 3.73. The zero-order chi connectivity index (χ0) is 18.0. The van der Waals surface area contributed by atoms with E-state index in [1.54, 1.807) is 0 Å². The molecule has 1 heterocycles. The Morgan fingerprint density at radius 3 is 2.54 bits per heavy atom. The number of likely N-dealkylation sites (tertiary alicyclic amines) is 1. The highest BCUT2D eigenvalue weighted by atomic mass is 79.9. The molecule has 142 valence electrons. The van der Waals surface area contributed by atoms with Crippen molar-refractivity contribution in [1.82, 2.24) is 15.5 Å². The number of hydrogen-bond donors (Lipinski definition) is 2. The fourth-order valence-electron chi connectivity index (χ4n) is 4.15. The highest BCUT2D eigenvalue weighted by Crippen LogP contribution is 2.50. The van der Waals surface area contributed by atoms with Crippen LogP contribution in [-0.2, 0) is 5.41 Å². The molecule has 2 N–H and O–H groups in total. The number of rotatable bonds is 6. The van der Waals surface area contributed by atoms with Crippen molar-refractivity contribution in [2.24, 2.45) is 4.99 Å². The van der Waals surface area contributed by atoms with Crippen molar-refractivity contribution in [2.45, 2.75) is 62.9 Å². The van der Waals surface area contributed by atoms with Crippen molar-refractivity contribution >= 4 is 21.9 Å². The minimum atomic E-state index is 0.234. The highest BCUT2D eigenvalue weighted by molar-refractivity contribution is 9.10. The molecule has 0 unspecified atom stereocenters. The molecule has 3 fully saturated rings. The third-order valence-corrected chi connectivity index (χ3v) is 6.81. The first-order valence-electron chi connectivity index (χ1n) is 10.2. The average Bonchev–Trinajstić information content (AvgIpc) is 3.55. The Balaban J connectivity index is 1.36. The molecule has 2 aliphatic carbocycles. The number of nitrogens with one attached hydrogen (secondary N) is 2. The molecule has 2 saturated carbocycles. The molecule has 1 aromatic rings. The maximum Gasteiger partial charge on any atom is 0.191 e. The Bertz CT molecular complexity index is 643. The van der Waals surface area contributed by atoms with Gasteiger partial charge in [0.05, 0.1) is 6.54 Å². The summed E-state index contributed by atoms with van der Waals surface area (Å²) in [4.78, 5) is 7.66. The van der Waals surface area contributed by atoms with Gasteiger partial charge in [-0.25, -0.2) is 0 Å². The van der Waals surface area contributed by atoms with Gasteiger partial charge in [-0.3, -0.25) is 4.99 Å². The van der Waals surface area contributed by atoms with Gasteiger partial charge in [0.2, 0.25) is 0 Å². The van der Waals surface area contributed by atoms with E-state index < -0.39 is 0 Å². The second-order valence-electron chi connectivity index (χ2n) is 8.14. The van der Waals surface area contributed by atoms with Gasteiger partial charge in [-0.2, -0.15) is 0 Å². The fourth-order valence-corrected chi connectivity index (χ4v) is 4.85. The fraction of sp³-hybridized carbons (Fsp3) is 0.667. The summed E-state index contributed by atoms with van der Waals surface area (Å²) in [7, 11) is 0. The largest absolute Gasteiger partial charge is 0.357 e. The predicted octanol–water partition coefficient (Wildman–Crippen LogP) is 3.66. The van der Waals surface area contributed by atoms with Gasteiger partial charge in [0.1, 0.15) is 0 Å². The molecule has 4 nitrogen and oxygen atoms in total. The average molecular weight is 419 g/mol. The zero-order valence-electron chi connectivity index (χ0n) is 15.8. The van der Waals surface area contributed by atoms with Gasteiger partial charge in [-0.1, -0.05) is 34.1 Å². The smallest absolute Gasteiger partial charge is 0.191 e. The maximum absolute atomic E-state index is 4.99. The van der Waals surface area contributed by atoms with E-state index >= 15 is 0 Å². The Hall–Kier alpha value is -1.07. The molecule has 3 aliphatic rings. The van der Waals surface area contributed by atoms with E-state index in [2.05, 4.69) is 62.7 Å². The normalized spacial score (nSPS) is 23.7. The van der Waals surface area contributed by atoms with E-state index in [0.717, 1.165) is 25.1 Å². The summed E-state index contributed by atoms with van der Waals surface area (Å²) in [6.45, 7) is 6.40. The van der Waals surface area contributed by atoms with E-state index in [1.807, 2.05) is 0 Å². The first kappa shape index (κ1) is 18.3. The summed E-state index contributed by atoms with van der Waals surface area (Å²) < 4.78 is 1.22. The molecule has 5 heteroatoms. The van der Waals surface area contributed by atoms with E-state index in [1.165, 1.54) is 61.7 Å². The van der Waals surface area contributed by atoms with Crippen LogP contribution in [0.2, 0.25) is 0 Å². The van der Waals surface area contributed by atoms with Gasteiger partial charge >= 0.3 is 0 Å². The predicted molar refractivity (Wildman–Crippen MR) is 112 cm³/mol. The van der Waals surface area contributed by atoms with Crippen LogP contribution < -0.4 is 10.6 Å². The van der Waals surface area contributed by atoms with Crippen LogP contribution in [0.3, 0.4) is 0 Å². The Labute approximate surface area is 166 Å². The molecule has 0 atom stereocenters. The molecular weight excluding hydrogens is 388 g/mol. The lowest BCUT2D eigenvalue weighted by atomic mass is 9.96. The van der Waals surface area contributed by atoms with E-state index in [4.69, 9.17) is 4.99 Å². The van der Waals surface area contributed by atoms with Gasteiger partial charge in [0.25, 0.3) is 0 Å². The van der Waals surface area contributed by atoms with Crippen molar-refractivity contribution in [3.05, 3.63) is 34.3 Å². The van der Waals surface area contributed by atoms with Gasteiger partial charge < -0.3 is 15.5 Å². The van der Waals surface area contributed by atoms with E-state index in [-0.39, 0.29) is 5.41 Å². The topological polar surface area (TPSA) is 39.7 Å². The SMILES string of the molecule is CCNC(=NCC1(c2ccccc2Br)CC1)NC1CCN(C2CC2)CC1. The van der Waals surface area contributed by atoms with Gasteiger partial charge in [-0.05, 0) is 57.1 Å². The van der Waals surface area contributed by atoms with Crippen molar-refractivity contribution in [3.8, 4) is 0 Å². The third kappa shape index (κ3) is 4.25. The van der Waals surface area contributed by atoms with Crippen LogP contribution in [-0.4, -0.2) is 49.1 Å². The van der Waals surface area contributed by atoms with Crippen LogP contribution in [0.1, 0.15) is 51.0 Å². The number of nitrogens with zero attached hydrogens (tertiary/aromatic N) is 2. The van der Waals surface area contributed by atoms with Crippen LogP contribution in [0.4, 0.5) is 0 Å². The lowest BCUT2D eigenvalue weighted by Crippen LogP contribution is -2.49. The molecule has 26 heavy (non-hydrogen) atoms. The standard InChI is InChI=1S/C21H31BrN4/c1-2-23-20(25-16-9-13-26(14-10-16)17-7-8-17)24-15-21(11-12-21)18-5-3-4-6-19(18)22/h3-6,16-17H,2,7-15H2,1H3,(H2,23,24,25). The van der Waals surface area contributed by atoms with Gasteiger partial charge in [0, 0.05) is 41.6 Å². The highest BCUT2D eigenvalue weighted by Gasteiger charge is 2.45. The molecule has 1 aromatic carbocycles. The summed E-state index contributed by atoms with van der Waals surface area (Å²) in [5.74, 6) is 0.996. The first-order chi connectivity index (χ1) is 12.7. The lowest BCUT2D eigenvalue weighted by molar-refractivity contribution is 0.197. The van der Waals surface area contributed by atoms with Crippen molar-refractivity contribution in [2.75, 3.05) is 26.2 Å². The minimum absolute atomic E-state index is 0.234. The second-order valence-corrected chi connectivity index (χ2v) is 9.00. The summed E-state index contributed by atoms with van der Waals surface area (Å²) in [5, 5.41) is 7.16. The summed E-state index contributed by atoms with van der Waals surface area (Å²) in [5.41, 5.74) is 1.65. The number of halogens is 1. The van der Waals surface area contributed by atoms with E-state index in [0.29, 0.717) is 6.04 Å². The zero-order valence-corrected chi connectivity index (χ0v) is 17.4. The third-order valence-electron chi connectivity index (χ3n) is 6.12. The number of hydrogen-bond acceptors (Lipinski definition) is 2. The molecule has 1 saturated heterocycles. The molecular formula is C21H31BrN4. The van der Waals surface area contributed by atoms with Crippen molar-refractivity contribution < 1.29 is 0 Å². The Morgan fingerprint density at radius 2 is 1.92 bits per heavy atom. The first-order valence-corrected chi connectivity index (χ1v) is 11.0. The molecule has 4 rings (SSSR count). The molecule has 0 bridgehead atoms. The second kappa shape index (κ2) is 7.89. The van der Waals surface area contributed by atoms with Crippen LogP contribution in [0.15, 0.2) is 33.7 Å². The molecule has 0 aromatic heterocycles. The number of aliphatic imine (C=N–C) groups is 1.